The molecule has 24 heavy (non-hydrogen) atoms. The summed E-state index contributed by atoms with van der Waals surface area (Å²) < 4.78 is 6.19. The van der Waals surface area contributed by atoms with E-state index in [1.807, 2.05) is 13.8 Å². The van der Waals surface area contributed by atoms with Crippen LogP contribution in [0.1, 0.15) is 43.5 Å². The van der Waals surface area contributed by atoms with Crippen molar-refractivity contribution in [3.63, 3.8) is 0 Å². The number of esters is 1. The molecule has 1 heterocycles. The van der Waals surface area contributed by atoms with Crippen LogP contribution < -0.4 is 5.56 Å². The van der Waals surface area contributed by atoms with E-state index in [0.717, 1.165) is 11.3 Å². The standard InChI is InChI=1S/C17H20Cl2N2O3/c1-4-24-15(22)9-21-17(23)14(16(20-21)10(2)3)7-11-5-12(18)8-13(19)6-11/h5-6,8,10,20H,4,7,9H2,1-3H3. The van der Waals surface area contributed by atoms with E-state index in [9.17, 15) is 9.59 Å². The summed E-state index contributed by atoms with van der Waals surface area (Å²) in [6.07, 6.45) is 0.388. The summed E-state index contributed by atoms with van der Waals surface area (Å²) in [4.78, 5) is 24.3. The molecule has 7 heteroatoms. The van der Waals surface area contributed by atoms with Gasteiger partial charge in [0.1, 0.15) is 6.54 Å². The highest BCUT2D eigenvalue weighted by Gasteiger charge is 2.19. The van der Waals surface area contributed by atoms with E-state index in [2.05, 4.69) is 5.10 Å². The van der Waals surface area contributed by atoms with Gasteiger partial charge in [-0.15, -0.1) is 0 Å². The molecular formula is C17H20Cl2N2O3. The highest BCUT2D eigenvalue weighted by atomic mass is 35.5. The minimum absolute atomic E-state index is 0.103. The van der Waals surface area contributed by atoms with Crippen molar-refractivity contribution in [2.75, 3.05) is 6.61 Å². The fourth-order valence-corrected chi connectivity index (χ4v) is 3.13. The van der Waals surface area contributed by atoms with Crippen molar-refractivity contribution in [1.82, 2.24) is 9.78 Å². The Hall–Kier alpha value is -1.72. The summed E-state index contributed by atoms with van der Waals surface area (Å²) in [6, 6.07) is 5.20. The number of carbonyl (C=O) groups excluding carboxylic acids is 1. The molecule has 0 unspecified atom stereocenters. The number of benzene rings is 1. The van der Waals surface area contributed by atoms with Crippen molar-refractivity contribution in [3.05, 3.63) is 55.4 Å². The van der Waals surface area contributed by atoms with Crippen LogP contribution in [0.3, 0.4) is 0 Å². The maximum Gasteiger partial charge on any atom is 0.327 e. The summed E-state index contributed by atoms with van der Waals surface area (Å²) in [5, 5.41) is 4.06. The first-order chi connectivity index (χ1) is 11.3. The average molecular weight is 371 g/mol. The molecule has 0 bridgehead atoms. The lowest BCUT2D eigenvalue weighted by molar-refractivity contribution is -0.144. The van der Waals surface area contributed by atoms with Gasteiger partial charge in [-0.1, -0.05) is 37.0 Å². The Balaban J connectivity index is 2.39. The summed E-state index contributed by atoms with van der Waals surface area (Å²) in [5.41, 5.74) is 2.00. The third kappa shape index (κ3) is 4.42. The van der Waals surface area contributed by atoms with Crippen LogP contribution in [0, 0.1) is 0 Å². The minimum atomic E-state index is -0.450. The van der Waals surface area contributed by atoms with Crippen molar-refractivity contribution in [2.45, 2.75) is 39.7 Å². The predicted molar refractivity (Wildman–Crippen MR) is 95.0 cm³/mol. The average Bonchev–Trinajstić information content (AvgIpc) is 2.76. The number of halogens is 2. The zero-order valence-electron chi connectivity index (χ0n) is 13.9. The molecule has 0 saturated carbocycles. The van der Waals surface area contributed by atoms with E-state index in [1.165, 1.54) is 4.68 Å². The minimum Gasteiger partial charge on any atom is -0.465 e. The summed E-state index contributed by atoms with van der Waals surface area (Å²) in [7, 11) is 0. The summed E-state index contributed by atoms with van der Waals surface area (Å²) >= 11 is 12.1. The lowest BCUT2D eigenvalue weighted by Gasteiger charge is -2.06. The van der Waals surface area contributed by atoms with Gasteiger partial charge in [0.15, 0.2) is 0 Å². The zero-order chi connectivity index (χ0) is 17.9. The fourth-order valence-electron chi connectivity index (χ4n) is 2.55. The molecule has 1 N–H and O–H groups in total. The molecule has 0 spiro atoms. The van der Waals surface area contributed by atoms with Crippen molar-refractivity contribution < 1.29 is 9.53 Å². The van der Waals surface area contributed by atoms with Crippen LogP contribution in [0.2, 0.25) is 10.0 Å². The third-order valence-corrected chi connectivity index (χ3v) is 3.99. The number of aromatic amines is 1. The molecule has 1 aromatic carbocycles. The van der Waals surface area contributed by atoms with E-state index in [1.54, 1.807) is 25.1 Å². The van der Waals surface area contributed by atoms with Crippen LogP contribution in [0.25, 0.3) is 0 Å². The van der Waals surface area contributed by atoms with E-state index >= 15 is 0 Å². The van der Waals surface area contributed by atoms with Crippen LogP contribution in [-0.2, 0) is 22.5 Å². The van der Waals surface area contributed by atoms with E-state index in [4.69, 9.17) is 27.9 Å². The number of H-pyrrole nitrogens is 1. The number of ether oxygens (including phenoxy) is 1. The number of carbonyl (C=O) groups is 1. The highest BCUT2D eigenvalue weighted by molar-refractivity contribution is 6.34. The predicted octanol–water partition coefficient (Wildman–Crippen LogP) is 3.76. The molecule has 0 fully saturated rings. The van der Waals surface area contributed by atoms with Gasteiger partial charge in [0.25, 0.3) is 5.56 Å². The van der Waals surface area contributed by atoms with Crippen LogP contribution in [0.15, 0.2) is 23.0 Å². The molecular weight excluding hydrogens is 351 g/mol. The van der Waals surface area contributed by atoms with E-state index < -0.39 is 5.97 Å². The van der Waals surface area contributed by atoms with Gasteiger partial charge in [0.05, 0.1) is 6.61 Å². The molecule has 130 valence electrons. The molecule has 0 atom stereocenters. The van der Waals surface area contributed by atoms with Crippen LogP contribution in [0.5, 0.6) is 0 Å². The number of nitrogens with zero attached hydrogens (tertiary/aromatic N) is 1. The van der Waals surface area contributed by atoms with Gasteiger partial charge < -0.3 is 4.74 Å². The van der Waals surface area contributed by atoms with Gasteiger partial charge in [-0.05, 0) is 36.6 Å². The van der Waals surface area contributed by atoms with Crippen molar-refractivity contribution >= 4 is 29.2 Å². The Morgan fingerprint density at radius 2 is 1.88 bits per heavy atom. The molecule has 0 radical (unpaired) electrons. The van der Waals surface area contributed by atoms with Gasteiger partial charge in [-0.2, -0.15) is 0 Å². The molecule has 0 aliphatic carbocycles. The second kappa shape index (κ2) is 7.90. The highest BCUT2D eigenvalue weighted by Crippen LogP contribution is 2.23. The monoisotopic (exact) mass is 370 g/mol. The van der Waals surface area contributed by atoms with Gasteiger partial charge in [0.2, 0.25) is 0 Å². The molecule has 1 aromatic heterocycles. The number of nitrogens with one attached hydrogen (secondary N) is 1. The molecule has 0 aliphatic heterocycles. The Bertz CT molecular complexity index is 773. The normalized spacial score (nSPS) is 11.1. The molecule has 0 saturated heterocycles. The number of hydrogen-bond acceptors (Lipinski definition) is 3. The SMILES string of the molecule is CCOC(=O)Cn1[nH]c(C(C)C)c(Cc2cc(Cl)cc(Cl)c2)c1=O. The van der Waals surface area contributed by atoms with Gasteiger partial charge in [0, 0.05) is 27.7 Å². The smallest absolute Gasteiger partial charge is 0.327 e. The van der Waals surface area contributed by atoms with Gasteiger partial charge in [-0.3, -0.25) is 14.7 Å². The van der Waals surface area contributed by atoms with Crippen molar-refractivity contribution in [2.24, 2.45) is 0 Å². The number of rotatable bonds is 6. The molecule has 2 aromatic rings. The zero-order valence-corrected chi connectivity index (χ0v) is 15.4. The maximum atomic E-state index is 12.7. The quantitative estimate of drug-likeness (QED) is 0.787. The Morgan fingerprint density at radius 1 is 1.25 bits per heavy atom. The molecule has 0 amide bonds. The summed E-state index contributed by atoms with van der Waals surface area (Å²) in [6.45, 7) is 5.83. The topological polar surface area (TPSA) is 64.1 Å². The number of hydrogen-bond donors (Lipinski definition) is 1. The van der Waals surface area contributed by atoms with Crippen molar-refractivity contribution in [1.29, 1.82) is 0 Å². The van der Waals surface area contributed by atoms with E-state index in [-0.39, 0.29) is 24.6 Å². The fraction of sp³-hybridized carbons (Fsp3) is 0.412. The second-order valence-corrected chi connectivity index (χ2v) is 6.68. The first-order valence-corrected chi connectivity index (χ1v) is 8.49. The van der Waals surface area contributed by atoms with Crippen LogP contribution >= 0.6 is 23.2 Å². The van der Waals surface area contributed by atoms with Gasteiger partial charge in [-0.25, -0.2) is 4.68 Å². The van der Waals surface area contributed by atoms with Crippen LogP contribution in [0.4, 0.5) is 0 Å². The summed E-state index contributed by atoms with van der Waals surface area (Å²) in [5.74, 6) is -0.348. The van der Waals surface area contributed by atoms with E-state index in [0.29, 0.717) is 22.0 Å². The lowest BCUT2D eigenvalue weighted by atomic mass is 10.00. The molecule has 2 rings (SSSR count). The second-order valence-electron chi connectivity index (χ2n) is 5.81. The maximum absolute atomic E-state index is 12.7. The molecule has 5 nitrogen and oxygen atoms in total. The first-order valence-electron chi connectivity index (χ1n) is 7.74. The third-order valence-electron chi connectivity index (χ3n) is 3.56. The Morgan fingerprint density at radius 3 is 2.42 bits per heavy atom. The molecule has 0 aliphatic rings. The first kappa shape index (κ1) is 18.6. The Labute approximate surface area is 150 Å². The van der Waals surface area contributed by atoms with Gasteiger partial charge >= 0.3 is 5.97 Å². The lowest BCUT2D eigenvalue weighted by Crippen LogP contribution is -2.24. The Kier molecular flexibility index (Phi) is 6.13. The largest absolute Gasteiger partial charge is 0.465 e. The van der Waals surface area contributed by atoms with Crippen LogP contribution in [-0.4, -0.2) is 22.4 Å². The van der Waals surface area contributed by atoms with Crippen molar-refractivity contribution in [3.8, 4) is 0 Å². The number of aromatic nitrogens is 2.